The largest absolute Gasteiger partial charge is 0.481 e. The minimum atomic E-state index is -4.49. The van der Waals surface area contributed by atoms with Crippen LogP contribution in [0, 0.1) is 6.07 Å². The van der Waals surface area contributed by atoms with Gasteiger partial charge in [-0.15, -0.1) is 0 Å². The van der Waals surface area contributed by atoms with E-state index in [0.717, 1.165) is 13.2 Å². The van der Waals surface area contributed by atoms with E-state index in [-0.39, 0.29) is 0 Å². The molecule has 0 aliphatic carbocycles. The van der Waals surface area contributed by atoms with Gasteiger partial charge in [0.2, 0.25) is 5.88 Å². The van der Waals surface area contributed by atoms with Crippen molar-refractivity contribution in [1.82, 2.24) is 4.98 Å². The van der Waals surface area contributed by atoms with Crippen LogP contribution in [0.3, 0.4) is 0 Å². The molecule has 0 fully saturated rings. The van der Waals surface area contributed by atoms with Gasteiger partial charge >= 0.3 is 6.18 Å². The third-order valence-corrected chi connectivity index (χ3v) is 2.39. The number of ether oxygens (including phenoxy) is 1. The number of methoxy groups -OCH3 is 1. The first kappa shape index (κ1) is 12.4. The van der Waals surface area contributed by atoms with Crippen LogP contribution >= 0.6 is 0 Å². The lowest BCUT2D eigenvalue weighted by molar-refractivity contribution is -0.139. The number of pyridine rings is 1. The molecule has 1 heterocycles. The molecule has 1 aromatic heterocycles. The standard InChI is InChI=1S/C13H9F3NO/c1-18-12-11(13(14,15)16)7-10(8-17-12)9-5-3-2-4-6-9/h2-3,5-8H,1H3. The molecule has 0 amide bonds. The minimum absolute atomic E-state index is 0.375. The highest BCUT2D eigenvalue weighted by atomic mass is 19.4. The third kappa shape index (κ3) is 2.45. The molecule has 0 saturated heterocycles. The van der Waals surface area contributed by atoms with Gasteiger partial charge in [-0.1, -0.05) is 18.2 Å². The second-order valence-electron chi connectivity index (χ2n) is 3.57. The fourth-order valence-corrected chi connectivity index (χ4v) is 1.55. The van der Waals surface area contributed by atoms with E-state index >= 15 is 0 Å². The Bertz CT molecular complexity index is 538. The summed E-state index contributed by atoms with van der Waals surface area (Å²) in [4.78, 5) is 3.68. The zero-order chi connectivity index (χ0) is 13.2. The van der Waals surface area contributed by atoms with Gasteiger partial charge in [0.15, 0.2) is 0 Å². The smallest absolute Gasteiger partial charge is 0.421 e. The molecule has 1 radical (unpaired) electrons. The predicted octanol–water partition coefficient (Wildman–Crippen LogP) is 3.58. The molecule has 2 aromatic rings. The summed E-state index contributed by atoms with van der Waals surface area (Å²) in [5.74, 6) is -0.425. The second kappa shape index (κ2) is 4.68. The highest BCUT2D eigenvalue weighted by Crippen LogP contribution is 2.37. The van der Waals surface area contributed by atoms with Gasteiger partial charge in [0.25, 0.3) is 0 Å². The zero-order valence-corrected chi connectivity index (χ0v) is 9.45. The van der Waals surface area contributed by atoms with Crippen LogP contribution in [-0.4, -0.2) is 12.1 Å². The minimum Gasteiger partial charge on any atom is -0.481 e. The van der Waals surface area contributed by atoms with E-state index in [9.17, 15) is 13.2 Å². The van der Waals surface area contributed by atoms with E-state index in [1.54, 1.807) is 24.3 Å². The van der Waals surface area contributed by atoms with Crippen LogP contribution in [0.5, 0.6) is 5.88 Å². The van der Waals surface area contributed by atoms with Crippen LogP contribution in [-0.2, 0) is 6.18 Å². The van der Waals surface area contributed by atoms with Crippen LogP contribution in [0.1, 0.15) is 5.56 Å². The van der Waals surface area contributed by atoms with Crippen molar-refractivity contribution in [2.45, 2.75) is 6.18 Å². The Kier molecular flexibility index (Phi) is 3.23. The van der Waals surface area contributed by atoms with Crippen LogP contribution in [0.25, 0.3) is 11.1 Å². The van der Waals surface area contributed by atoms with Crippen LogP contribution < -0.4 is 4.74 Å². The summed E-state index contributed by atoms with van der Waals surface area (Å²) >= 11 is 0. The van der Waals surface area contributed by atoms with Gasteiger partial charge in [-0.3, -0.25) is 0 Å². The Morgan fingerprint density at radius 2 is 2.06 bits per heavy atom. The van der Waals surface area contributed by atoms with E-state index < -0.39 is 17.6 Å². The fraction of sp³-hybridized carbons (Fsp3) is 0.154. The van der Waals surface area contributed by atoms with E-state index in [1.807, 2.05) is 0 Å². The number of hydrogen-bond acceptors (Lipinski definition) is 2. The van der Waals surface area contributed by atoms with Gasteiger partial charge in [0.05, 0.1) is 7.11 Å². The van der Waals surface area contributed by atoms with E-state index in [1.165, 1.54) is 6.20 Å². The predicted molar refractivity (Wildman–Crippen MR) is 60.1 cm³/mol. The van der Waals surface area contributed by atoms with Crippen molar-refractivity contribution in [1.29, 1.82) is 0 Å². The molecule has 0 aliphatic rings. The maximum Gasteiger partial charge on any atom is 0.421 e. The molecule has 0 bridgehead atoms. The summed E-state index contributed by atoms with van der Waals surface area (Å²) in [5, 5.41) is 0. The van der Waals surface area contributed by atoms with Crippen molar-refractivity contribution in [3.05, 3.63) is 48.2 Å². The van der Waals surface area contributed by atoms with Gasteiger partial charge in [0, 0.05) is 11.8 Å². The number of rotatable bonds is 2. The number of alkyl halides is 3. The van der Waals surface area contributed by atoms with Gasteiger partial charge in [-0.05, 0) is 23.8 Å². The highest BCUT2D eigenvalue weighted by molar-refractivity contribution is 5.63. The Balaban J connectivity index is 2.53. The monoisotopic (exact) mass is 252 g/mol. The number of nitrogens with zero attached hydrogens (tertiary/aromatic N) is 1. The molecule has 0 unspecified atom stereocenters. The average Bonchev–Trinajstić information content (AvgIpc) is 2.38. The Morgan fingerprint density at radius 3 is 2.61 bits per heavy atom. The Morgan fingerprint density at radius 1 is 1.28 bits per heavy atom. The van der Waals surface area contributed by atoms with Gasteiger partial charge in [0.1, 0.15) is 5.56 Å². The molecule has 93 valence electrons. The summed E-state index contributed by atoms with van der Waals surface area (Å²) in [6, 6.07) is 10.5. The van der Waals surface area contributed by atoms with Crippen LogP contribution in [0.2, 0.25) is 0 Å². The molecule has 0 atom stereocenters. The van der Waals surface area contributed by atoms with Crippen LogP contribution in [0.4, 0.5) is 13.2 Å². The van der Waals surface area contributed by atoms with E-state index in [4.69, 9.17) is 0 Å². The normalized spacial score (nSPS) is 11.3. The summed E-state index contributed by atoms with van der Waals surface area (Å²) < 4.78 is 43.0. The van der Waals surface area contributed by atoms with Crippen molar-refractivity contribution in [3.63, 3.8) is 0 Å². The van der Waals surface area contributed by atoms with Gasteiger partial charge < -0.3 is 4.74 Å². The molecule has 0 N–H and O–H groups in total. The van der Waals surface area contributed by atoms with Crippen molar-refractivity contribution in [2.75, 3.05) is 7.11 Å². The summed E-state index contributed by atoms with van der Waals surface area (Å²) in [6.07, 6.45) is -3.15. The molecule has 5 heteroatoms. The lowest BCUT2D eigenvalue weighted by atomic mass is 10.1. The van der Waals surface area contributed by atoms with Crippen molar-refractivity contribution < 1.29 is 17.9 Å². The molecular weight excluding hydrogens is 243 g/mol. The molecule has 0 spiro atoms. The summed E-state index contributed by atoms with van der Waals surface area (Å²) in [7, 11) is 1.16. The van der Waals surface area contributed by atoms with Crippen molar-refractivity contribution in [3.8, 4) is 17.0 Å². The quantitative estimate of drug-likeness (QED) is 0.815. The molecule has 1 aromatic carbocycles. The zero-order valence-electron chi connectivity index (χ0n) is 9.45. The topological polar surface area (TPSA) is 22.1 Å². The number of hydrogen-bond donors (Lipinski definition) is 0. The summed E-state index contributed by atoms with van der Waals surface area (Å²) in [5.41, 5.74) is 0.115. The van der Waals surface area contributed by atoms with Crippen molar-refractivity contribution in [2.24, 2.45) is 0 Å². The maximum absolute atomic E-state index is 12.8. The first-order valence-electron chi connectivity index (χ1n) is 5.10. The van der Waals surface area contributed by atoms with Crippen molar-refractivity contribution >= 4 is 0 Å². The average molecular weight is 252 g/mol. The first-order valence-corrected chi connectivity index (χ1v) is 5.10. The number of benzene rings is 1. The molecule has 18 heavy (non-hydrogen) atoms. The third-order valence-electron chi connectivity index (χ3n) is 2.39. The fourth-order valence-electron chi connectivity index (χ4n) is 1.55. The molecule has 2 rings (SSSR count). The maximum atomic E-state index is 12.8. The van der Waals surface area contributed by atoms with E-state index in [0.29, 0.717) is 11.1 Å². The first-order chi connectivity index (χ1) is 8.52. The summed E-state index contributed by atoms with van der Waals surface area (Å²) in [6.45, 7) is 0. The SMILES string of the molecule is COc1ncc(-c2c[c]ccc2)cc1C(F)(F)F. The Hall–Kier alpha value is -2.04. The number of aromatic nitrogens is 1. The highest BCUT2D eigenvalue weighted by Gasteiger charge is 2.35. The molecular formula is C13H9F3NO. The van der Waals surface area contributed by atoms with Crippen LogP contribution in [0.15, 0.2) is 36.5 Å². The van der Waals surface area contributed by atoms with Gasteiger partial charge in [-0.2, -0.15) is 13.2 Å². The number of halogens is 3. The lowest BCUT2D eigenvalue weighted by Gasteiger charge is -2.12. The van der Waals surface area contributed by atoms with Gasteiger partial charge in [-0.25, -0.2) is 4.98 Å². The second-order valence-corrected chi connectivity index (χ2v) is 3.57. The molecule has 2 nitrogen and oxygen atoms in total. The van der Waals surface area contributed by atoms with E-state index in [2.05, 4.69) is 15.8 Å². The molecule has 0 aliphatic heterocycles. The lowest BCUT2D eigenvalue weighted by Crippen LogP contribution is -2.09. The molecule has 0 saturated carbocycles. The Labute approximate surface area is 102 Å².